The van der Waals surface area contributed by atoms with Crippen LogP contribution in [0.4, 0.5) is 11.1 Å². The van der Waals surface area contributed by atoms with Gasteiger partial charge in [0.1, 0.15) is 0 Å². The Morgan fingerprint density at radius 2 is 1.80 bits per heavy atom. The second-order valence-corrected chi connectivity index (χ2v) is 10.4. The number of nitrogens with zero attached hydrogens (tertiary/aromatic N) is 4. The van der Waals surface area contributed by atoms with E-state index in [2.05, 4.69) is 45.7 Å². The van der Waals surface area contributed by atoms with Crippen molar-refractivity contribution in [3.05, 3.63) is 28.5 Å². The summed E-state index contributed by atoms with van der Waals surface area (Å²) in [6.45, 7) is 9.08. The number of aromatic nitrogens is 3. The van der Waals surface area contributed by atoms with Crippen LogP contribution in [0.1, 0.15) is 61.5 Å². The monoisotopic (exact) mass is 473 g/mol. The van der Waals surface area contributed by atoms with Crippen molar-refractivity contribution < 1.29 is 31.4 Å². The second kappa shape index (κ2) is 6.46. The molecule has 0 unspecified atom stereocenters. The van der Waals surface area contributed by atoms with Crippen LogP contribution in [0.2, 0.25) is 0 Å². The van der Waals surface area contributed by atoms with E-state index in [4.69, 9.17) is 10.1 Å². The molecule has 0 saturated heterocycles. The first-order valence-electron chi connectivity index (χ1n) is 8.03. The normalized spacial score (nSPS) is 18.0. The number of carboxylic acid groups (broad SMARTS) is 1. The Morgan fingerprint density at radius 1 is 1.20 bits per heavy atom. The standard InChI is InChI=1S/C17H22IN4O2S/c1-16(2)6-7-17(3,4)12-11(16)21-15(25-12)22(18-5)14-19-8-10(9-20-14)13(23)24/h8-9H,6-7H2,1-5H3,(H,23,24)/q-1. The molecule has 0 saturated carbocycles. The number of fused-ring (bicyclic) bond motifs is 1. The van der Waals surface area contributed by atoms with Gasteiger partial charge in [0, 0.05) is 0 Å². The van der Waals surface area contributed by atoms with E-state index in [1.54, 1.807) is 11.3 Å². The molecule has 2 aromatic rings. The Bertz CT molecular complexity index is 768. The zero-order chi connectivity index (χ0) is 18.4. The molecule has 25 heavy (non-hydrogen) atoms. The fraction of sp³-hybridized carbons (Fsp3) is 0.529. The predicted octanol–water partition coefficient (Wildman–Crippen LogP) is 0.752. The molecule has 0 spiro atoms. The fourth-order valence-corrected chi connectivity index (χ4v) is 6.17. The molecule has 1 aliphatic carbocycles. The Kier molecular flexibility index (Phi) is 4.78. The summed E-state index contributed by atoms with van der Waals surface area (Å²) in [4.78, 5) is 28.0. The van der Waals surface area contributed by atoms with Gasteiger partial charge in [-0.25, -0.2) is 0 Å². The van der Waals surface area contributed by atoms with E-state index >= 15 is 0 Å². The Balaban J connectivity index is 2.03. The third-order valence-electron chi connectivity index (χ3n) is 4.64. The molecular weight excluding hydrogens is 451 g/mol. The van der Waals surface area contributed by atoms with Crippen molar-refractivity contribution in [2.24, 2.45) is 0 Å². The van der Waals surface area contributed by atoms with Gasteiger partial charge in [0.05, 0.1) is 0 Å². The Labute approximate surface area is 162 Å². The maximum absolute atomic E-state index is 11.0. The molecule has 3 rings (SSSR count). The van der Waals surface area contributed by atoms with Crippen LogP contribution in [0.15, 0.2) is 12.4 Å². The first kappa shape index (κ1) is 18.5. The van der Waals surface area contributed by atoms with Gasteiger partial charge in [-0.2, -0.15) is 0 Å². The van der Waals surface area contributed by atoms with E-state index in [9.17, 15) is 4.79 Å². The number of aromatic carboxylic acids is 1. The molecule has 0 atom stereocenters. The van der Waals surface area contributed by atoms with Gasteiger partial charge >= 0.3 is 163 Å². The molecule has 0 bridgehead atoms. The van der Waals surface area contributed by atoms with Gasteiger partial charge in [-0.05, 0) is 0 Å². The maximum atomic E-state index is 11.0. The van der Waals surface area contributed by atoms with Gasteiger partial charge in [0.15, 0.2) is 0 Å². The van der Waals surface area contributed by atoms with Crippen molar-refractivity contribution in [2.75, 3.05) is 8.04 Å². The summed E-state index contributed by atoms with van der Waals surface area (Å²) in [5.74, 6) is -0.487. The van der Waals surface area contributed by atoms with Gasteiger partial charge < -0.3 is 0 Å². The average molecular weight is 473 g/mol. The molecule has 6 nitrogen and oxygen atoms in total. The minimum atomic E-state index is -1.02. The summed E-state index contributed by atoms with van der Waals surface area (Å²) in [6, 6.07) is 0. The van der Waals surface area contributed by atoms with E-state index < -0.39 is 5.97 Å². The van der Waals surface area contributed by atoms with E-state index in [-0.39, 0.29) is 37.9 Å². The average Bonchev–Trinajstić information content (AvgIpc) is 3.01. The number of anilines is 2. The summed E-state index contributed by atoms with van der Waals surface area (Å²) in [5.41, 5.74) is 1.49. The first-order chi connectivity index (χ1) is 11.7. The number of hydrogen-bond donors (Lipinski definition) is 1. The number of halogens is 1. The molecule has 136 valence electrons. The van der Waals surface area contributed by atoms with Crippen molar-refractivity contribution in [3.63, 3.8) is 0 Å². The van der Waals surface area contributed by atoms with Crippen LogP contribution < -0.4 is 24.6 Å². The molecule has 0 radical (unpaired) electrons. The number of carbonyl (C=O) groups is 1. The van der Waals surface area contributed by atoms with Crippen LogP contribution in [-0.4, -0.2) is 31.0 Å². The van der Waals surface area contributed by atoms with Crippen molar-refractivity contribution in [1.29, 1.82) is 0 Å². The van der Waals surface area contributed by atoms with Gasteiger partial charge in [-0.15, -0.1) is 0 Å². The van der Waals surface area contributed by atoms with E-state index in [1.807, 2.05) is 0 Å². The van der Waals surface area contributed by atoms with Crippen molar-refractivity contribution in [3.8, 4) is 0 Å². The quantitative estimate of drug-likeness (QED) is 0.401. The third kappa shape index (κ3) is 3.38. The SMILES string of the molecule is C[I-]N(c1ncc(C(=O)O)cn1)c1nc2c(s1)C(C)(C)CCC2(C)C. The van der Waals surface area contributed by atoms with Crippen molar-refractivity contribution in [1.82, 2.24) is 15.0 Å². The molecule has 0 aliphatic heterocycles. The van der Waals surface area contributed by atoms with E-state index in [1.165, 1.54) is 23.0 Å². The number of alkyl halides is 1. The molecule has 1 N–H and O–H groups in total. The van der Waals surface area contributed by atoms with Gasteiger partial charge in [-0.3, -0.25) is 0 Å². The van der Waals surface area contributed by atoms with Gasteiger partial charge in [-0.1, -0.05) is 0 Å². The summed E-state index contributed by atoms with van der Waals surface area (Å²) in [7, 11) is 0. The summed E-state index contributed by atoms with van der Waals surface area (Å²) >= 11 is 1.34. The summed E-state index contributed by atoms with van der Waals surface area (Å²) < 4.78 is 2.06. The van der Waals surface area contributed by atoms with Crippen molar-refractivity contribution >= 4 is 28.4 Å². The molecule has 0 fully saturated rings. The third-order valence-corrected chi connectivity index (χ3v) is 8.23. The van der Waals surface area contributed by atoms with Crippen LogP contribution in [0.5, 0.6) is 0 Å². The Morgan fingerprint density at radius 3 is 2.32 bits per heavy atom. The second-order valence-electron chi connectivity index (χ2n) is 7.47. The minimum absolute atomic E-state index is 0.0748. The summed E-state index contributed by atoms with van der Waals surface area (Å²) in [5, 5.41) is 9.94. The molecule has 1 aliphatic rings. The van der Waals surface area contributed by atoms with E-state index in [0.717, 1.165) is 18.0 Å². The van der Waals surface area contributed by atoms with Gasteiger partial charge in [0.25, 0.3) is 0 Å². The molecule has 0 aromatic carbocycles. The molecular formula is C17H22IN4O2S-. The zero-order valence-electron chi connectivity index (χ0n) is 15.0. The zero-order valence-corrected chi connectivity index (χ0v) is 18.0. The molecule has 2 heterocycles. The van der Waals surface area contributed by atoms with Crippen LogP contribution in [-0.2, 0) is 10.8 Å². The van der Waals surface area contributed by atoms with Crippen LogP contribution in [0.3, 0.4) is 0 Å². The number of hydrogen-bond acceptors (Lipinski definition) is 6. The van der Waals surface area contributed by atoms with Crippen LogP contribution in [0.25, 0.3) is 0 Å². The molecule has 8 heteroatoms. The fourth-order valence-electron chi connectivity index (χ4n) is 2.93. The topological polar surface area (TPSA) is 79.2 Å². The predicted molar refractivity (Wildman–Crippen MR) is 94.5 cm³/mol. The molecule has 2 aromatic heterocycles. The first-order valence-corrected chi connectivity index (χ1v) is 12.0. The Hall–Kier alpha value is -1.29. The van der Waals surface area contributed by atoms with Crippen LogP contribution >= 0.6 is 11.3 Å². The number of rotatable bonds is 4. The molecule has 0 amide bonds. The number of carboxylic acids is 1. The van der Waals surface area contributed by atoms with Gasteiger partial charge in [0.2, 0.25) is 0 Å². The summed E-state index contributed by atoms with van der Waals surface area (Å²) in [6.07, 6.45) is 5.00. The number of thiazole rings is 1. The van der Waals surface area contributed by atoms with E-state index in [0.29, 0.717) is 5.95 Å². The van der Waals surface area contributed by atoms with Crippen molar-refractivity contribution in [2.45, 2.75) is 51.4 Å². The van der Waals surface area contributed by atoms with Crippen LogP contribution in [0, 0.1) is 0 Å².